The van der Waals surface area contributed by atoms with Crippen LogP contribution in [0.1, 0.15) is 26.2 Å². The molecule has 0 fully saturated rings. The fraction of sp³-hybridized carbons (Fsp3) is 0.208. The molecular weight excluding hydrogens is 377 g/mol. The SMILES string of the molecule is CC(=O)CCC[CH2][Ge]([c]1ccccc1)([c]1ccccc1)[c]1ccccc1. The Morgan fingerprint density at radius 3 is 1.38 bits per heavy atom. The zero-order valence-corrected chi connectivity index (χ0v) is 17.5. The normalized spacial score (nSPS) is 11.3. The van der Waals surface area contributed by atoms with E-state index in [1.54, 1.807) is 6.92 Å². The van der Waals surface area contributed by atoms with Crippen LogP contribution in [0, 0.1) is 0 Å². The van der Waals surface area contributed by atoms with Gasteiger partial charge in [0, 0.05) is 0 Å². The Hall–Kier alpha value is -2.13. The van der Waals surface area contributed by atoms with Crippen molar-refractivity contribution in [2.24, 2.45) is 0 Å². The molecular formula is C24H26GeO. The van der Waals surface area contributed by atoms with Crippen molar-refractivity contribution in [3.05, 3.63) is 91.0 Å². The Balaban J connectivity index is 2.10. The van der Waals surface area contributed by atoms with Gasteiger partial charge in [0.05, 0.1) is 0 Å². The quantitative estimate of drug-likeness (QED) is 0.412. The van der Waals surface area contributed by atoms with E-state index in [9.17, 15) is 4.79 Å². The van der Waals surface area contributed by atoms with E-state index in [1.807, 2.05) is 0 Å². The molecule has 3 rings (SSSR count). The maximum absolute atomic E-state index is 11.4. The predicted octanol–water partition coefficient (Wildman–Crippen LogP) is 3.92. The van der Waals surface area contributed by atoms with Gasteiger partial charge in [0.25, 0.3) is 0 Å². The first-order valence-electron chi connectivity index (χ1n) is 9.39. The van der Waals surface area contributed by atoms with E-state index in [0.717, 1.165) is 12.8 Å². The van der Waals surface area contributed by atoms with Gasteiger partial charge in [-0.3, -0.25) is 0 Å². The third-order valence-corrected chi connectivity index (χ3v) is 15.7. The van der Waals surface area contributed by atoms with Crippen molar-refractivity contribution in [2.75, 3.05) is 0 Å². The molecule has 26 heavy (non-hydrogen) atoms. The zero-order valence-electron chi connectivity index (χ0n) is 15.4. The molecule has 0 aliphatic heterocycles. The van der Waals surface area contributed by atoms with Crippen LogP contribution in [0.3, 0.4) is 0 Å². The van der Waals surface area contributed by atoms with Crippen molar-refractivity contribution >= 4 is 32.2 Å². The van der Waals surface area contributed by atoms with Gasteiger partial charge in [-0.2, -0.15) is 0 Å². The number of benzene rings is 3. The monoisotopic (exact) mass is 404 g/mol. The van der Waals surface area contributed by atoms with Gasteiger partial charge in [-0.05, 0) is 0 Å². The molecule has 0 spiro atoms. The Kier molecular flexibility index (Phi) is 6.46. The Bertz CT molecular complexity index is 716. The van der Waals surface area contributed by atoms with E-state index in [0.29, 0.717) is 12.2 Å². The van der Waals surface area contributed by atoms with E-state index < -0.39 is 13.3 Å². The molecule has 0 N–H and O–H groups in total. The average molecular weight is 403 g/mol. The van der Waals surface area contributed by atoms with Gasteiger partial charge in [-0.25, -0.2) is 0 Å². The van der Waals surface area contributed by atoms with E-state index in [-0.39, 0.29) is 0 Å². The number of hydrogen-bond donors (Lipinski definition) is 0. The Morgan fingerprint density at radius 1 is 0.654 bits per heavy atom. The van der Waals surface area contributed by atoms with Crippen molar-refractivity contribution in [2.45, 2.75) is 31.4 Å². The summed E-state index contributed by atoms with van der Waals surface area (Å²) >= 11 is -2.78. The number of ketones is 1. The molecule has 3 aromatic rings. The van der Waals surface area contributed by atoms with Crippen LogP contribution in [0.2, 0.25) is 5.25 Å². The first-order valence-corrected chi connectivity index (χ1v) is 14.0. The standard InChI is InChI=1S/C24H26GeO/c1-21(26)13-11-12-20-25(22-14-5-2-6-15-22,23-16-7-3-8-17-23)24-18-9-4-10-19-24/h2-10,14-19H,11-13,20H2,1H3. The van der Waals surface area contributed by atoms with E-state index >= 15 is 0 Å². The van der Waals surface area contributed by atoms with Gasteiger partial charge < -0.3 is 0 Å². The van der Waals surface area contributed by atoms with Crippen molar-refractivity contribution in [1.82, 2.24) is 0 Å². The fourth-order valence-electron chi connectivity index (χ4n) is 3.87. The molecule has 0 atom stereocenters. The van der Waals surface area contributed by atoms with E-state index in [2.05, 4.69) is 91.0 Å². The molecule has 0 bridgehead atoms. The summed E-state index contributed by atoms with van der Waals surface area (Å²) in [5.74, 6) is 0.294. The van der Waals surface area contributed by atoms with Gasteiger partial charge in [-0.15, -0.1) is 0 Å². The van der Waals surface area contributed by atoms with Crippen LogP contribution in [-0.2, 0) is 4.79 Å². The van der Waals surface area contributed by atoms with Crippen molar-refractivity contribution < 1.29 is 4.79 Å². The van der Waals surface area contributed by atoms with Crippen LogP contribution in [0.5, 0.6) is 0 Å². The second-order valence-electron chi connectivity index (χ2n) is 6.91. The summed E-state index contributed by atoms with van der Waals surface area (Å²) in [5, 5.41) is 1.17. The summed E-state index contributed by atoms with van der Waals surface area (Å²) in [5.41, 5.74) is 0. The molecule has 1 nitrogen and oxygen atoms in total. The zero-order chi connectivity index (χ0) is 18.2. The molecule has 0 saturated carbocycles. The third-order valence-electron chi connectivity index (χ3n) is 5.13. The van der Waals surface area contributed by atoms with Crippen molar-refractivity contribution in [3.63, 3.8) is 0 Å². The topological polar surface area (TPSA) is 17.1 Å². The average Bonchev–Trinajstić information content (AvgIpc) is 2.70. The number of Topliss-reactive ketones (excluding diaryl/α,β-unsaturated/α-hetero) is 1. The van der Waals surface area contributed by atoms with E-state index in [1.165, 1.54) is 18.4 Å². The maximum atomic E-state index is 11.4. The molecule has 0 unspecified atom stereocenters. The summed E-state index contributed by atoms with van der Waals surface area (Å²) in [6.45, 7) is 1.69. The molecule has 0 radical (unpaired) electrons. The second kappa shape index (κ2) is 9.00. The number of hydrogen-bond acceptors (Lipinski definition) is 1. The summed E-state index contributed by atoms with van der Waals surface area (Å²) in [4.78, 5) is 11.4. The van der Waals surface area contributed by atoms with Gasteiger partial charge in [-0.1, -0.05) is 0 Å². The van der Waals surface area contributed by atoms with Crippen molar-refractivity contribution in [1.29, 1.82) is 0 Å². The molecule has 0 amide bonds. The summed E-state index contributed by atoms with van der Waals surface area (Å²) < 4.78 is 4.48. The van der Waals surface area contributed by atoms with Crippen LogP contribution >= 0.6 is 0 Å². The molecule has 0 heterocycles. The van der Waals surface area contributed by atoms with Crippen molar-refractivity contribution in [3.8, 4) is 0 Å². The fourth-order valence-corrected chi connectivity index (χ4v) is 14.2. The second-order valence-corrected chi connectivity index (χ2v) is 15.4. The first-order chi connectivity index (χ1) is 12.7. The summed E-state index contributed by atoms with van der Waals surface area (Å²) in [7, 11) is 0. The molecule has 132 valence electrons. The molecule has 2 heteroatoms. The van der Waals surface area contributed by atoms with Gasteiger partial charge in [0.15, 0.2) is 0 Å². The van der Waals surface area contributed by atoms with Crippen LogP contribution in [0.15, 0.2) is 91.0 Å². The van der Waals surface area contributed by atoms with E-state index in [4.69, 9.17) is 0 Å². The van der Waals surface area contributed by atoms with Crippen LogP contribution in [0.4, 0.5) is 0 Å². The number of carbonyl (C=O) groups excluding carboxylic acids is 1. The van der Waals surface area contributed by atoms with Crippen LogP contribution in [-0.4, -0.2) is 19.0 Å². The molecule has 3 aromatic carbocycles. The van der Waals surface area contributed by atoms with Gasteiger partial charge in [0.1, 0.15) is 0 Å². The molecule has 0 saturated heterocycles. The molecule has 0 aliphatic rings. The Morgan fingerprint density at radius 2 is 1.04 bits per heavy atom. The number of unbranched alkanes of at least 4 members (excludes halogenated alkanes) is 1. The number of rotatable bonds is 8. The molecule has 0 aliphatic carbocycles. The summed E-state index contributed by atoms with van der Waals surface area (Å²) in [6.07, 6.45) is 2.77. The predicted molar refractivity (Wildman–Crippen MR) is 113 cm³/mol. The Labute approximate surface area is 159 Å². The summed E-state index contributed by atoms with van der Waals surface area (Å²) in [6, 6.07) is 33.1. The number of carbonyl (C=O) groups is 1. The van der Waals surface area contributed by atoms with Gasteiger partial charge >= 0.3 is 159 Å². The minimum atomic E-state index is -2.78. The molecule has 0 aromatic heterocycles. The first kappa shape index (κ1) is 18.7. The van der Waals surface area contributed by atoms with Crippen LogP contribution < -0.4 is 13.2 Å². The van der Waals surface area contributed by atoms with Crippen LogP contribution in [0.25, 0.3) is 0 Å². The van der Waals surface area contributed by atoms with Gasteiger partial charge in [0.2, 0.25) is 0 Å². The third kappa shape index (κ3) is 4.16. The minimum absolute atomic E-state index is 0.294.